The lowest BCUT2D eigenvalue weighted by Gasteiger charge is -2.12. The van der Waals surface area contributed by atoms with Crippen molar-refractivity contribution in [3.63, 3.8) is 0 Å². The Hall–Kier alpha value is -1.06. The van der Waals surface area contributed by atoms with Gasteiger partial charge in [0.2, 0.25) is 5.88 Å². The van der Waals surface area contributed by atoms with Gasteiger partial charge in [0, 0.05) is 11.3 Å². The van der Waals surface area contributed by atoms with Crippen LogP contribution < -0.4 is 4.74 Å². The molecule has 0 bridgehead atoms. The smallest absolute Gasteiger partial charge is 0.224 e. The number of halogens is 2. The van der Waals surface area contributed by atoms with Crippen LogP contribution in [0, 0.1) is 13.8 Å². The van der Waals surface area contributed by atoms with Crippen molar-refractivity contribution in [3.8, 4) is 11.6 Å². The zero-order valence-corrected chi connectivity index (χ0v) is 12.5. The summed E-state index contributed by atoms with van der Waals surface area (Å²) in [7, 11) is 0. The van der Waals surface area contributed by atoms with Gasteiger partial charge in [0.15, 0.2) is 0 Å². The van der Waals surface area contributed by atoms with Crippen LogP contribution in [0.15, 0.2) is 34.8 Å². The first-order chi connectivity index (χ1) is 8.61. The van der Waals surface area contributed by atoms with Crippen LogP contribution in [0.3, 0.4) is 0 Å². The number of hydrogen-bond donors (Lipinski definition) is 0. The molecule has 94 valence electrons. The molecule has 0 fully saturated rings. The molecular weight excluding hydrogens is 314 g/mol. The van der Waals surface area contributed by atoms with E-state index in [-0.39, 0.29) is 0 Å². The molecule has 1 aromatic carbocycles. The maximum Gasteiger partial charge on any atom is 0.224 e. The SMILES string of the molecule is Cc1cc(C)c(CCl)c(Oc2ccccc2Br)n1. The van der Waals surface area contributed by atoms with Gasteiger partial charge in [0.05, 0.1) is 10.4 Å². The van der Waals surface area contributed by atoms with Gasteiger partial charge in [-0.15, -0.1) is 11.6 Å². The Bertz CT molecular complexity index is 572. The maximum absolute atomic E-state index is 5.96. The molecule has 2 rings (SSSR count). The Morgan fingerprint density at radius 1 is 1.28 bits per heavy atom. The summed E-state index contributed by atoms with van der Waals surface area (Å²) in [5.74, 6) is 1.70. The molecular formula is C14H13BrClNO. The van der Waals surface area contributed by atoms with Gasteiger partial charge in [-0.2, -0.15) is 0 Å². The number of nitrogens with zero attached hydrogens (tertiary/aromatic N) is 1. The second kappa shape index (κ2) is 5.72. The van der Waals surface area contributed by atoms with E-state index in [0.717, 1.165) is 27.0 Å². The highest BCUT2D eigenvalue weighted by atomic mass is 79.9. The first-order valence-corrected chi connectivity index (χ1v) is 6.90. The molecule has 0 radical (unpaired) electrons. The minimum absolute atomic E-state index is 0.388. The number of para-hydroxylation sites is 1. The molecule has 0 unspecified atom stereocenters. The highest BCUT2D eigenvalue weighted by Gasteiger charge is 2.11. The van der Waals surface area contributed by atoms with Crippen molar-refractivity contribution in [3.05, 3.63) is 51.6 Å². The van der Waals surface area contributed by atoms with Crippen LogP contribution in [0.4, 0.5) is 0 Å². The van der Waals surface area contributed by atoms with Crippen LogP contribution in [0.25, 0.3) is 0 Å². The van der Waals surface area contributed by atoms with Gasteiger partial charge in [0.1, 0.15) is 5.75 Å². The van der Waals surface area contributed by atoms with E-state index >= 15 is 0 Å². The van der Waals surface area contributed by atoms with E-state index < -0.39 is 0 Å². The number of ether oxygens (including phenoxy) is 1. The van der Waals surface area contributed by atoms with E-state index in [2.05, 4.69) is 20.9 Å². The molecule has 0 spiro atoms. The topological polar surface area (TPSA) is 22.1 Å². The summed E-state index contributed by atoms with van der Waals surface area (Å²) in [5.41, 5.74) is 2.95. The Morgan fingerprint density at radius 2 is 2.00 bits per heavy atom. The molecule has 0 saturated heterocycles. The first-order valence-electron chi connectivity index (χ1n) is 5.57. The second-order valence-electron chi connectivity index (χ2n) is 4.03. The molecule has 0 saturated carbocycles. The van der Waals surface area contributed by atoms with E-state index in [4.69, 9.17) is 16.3 Å². The van der Waals surface area contributed by atoms with Gasteiger partial charge in [-0.25, -0.2) is 4.98 Å². The van der Waals surface area contributed by atoms with E-state index in [9.17, 15) is 0 Å². The summed E-state index contributed by atoms with van der Waals surface area (Å²) >= 11 is 9.42. The third-order valence-electron chi connectivity index (χ3n) is 2.61. The third-order valence-corrected chi connectivity index (χ3v) is 3.54. The molecule has 2 aromatic rings. The van der Waals surface area contributed by atoms with Gasteiger partial charge in [-0.1, -0.05) is 12.1 Å². The predicted octanol–water partition coefficient (Wildman–Crippen LogP) is 4.99. The fourth-order valence-electron chi connectivity index (χ4n) is 1.71. The second-order valence-corrected chi connectivity index (χ2v) is 5.15. The van der Waals surface area contributed by atoms with Crippen LogP contribution in [0.1, 0.15) is 16.8 Å². The van der Waals surface area contributed by atoms with Crippen molar-refractivity contribution in [1.82, 2.24) is 4.98 Å². The van der Waals surface area contributed by atoms with Crippen molar-refractivity contribution in [1.29, 1.82) is 0 Å². The Morgan fingerprint density at radius 3 is 2.67 bits per heavy atom. The molecule has 18 heavy (non-hydrogen) atoms. The van der Waals surface area contributed by atoms with Crippen molar-refractivity contribution < 1.29 is 4.74 Å². The van der Waals surface area contributed by atoms with Crippen molar-refractivity contribution in [2.45, 2.75) is 19.7 Å². The Labute approximate surface area is 120 Å². The standard InChI is InChI=1S/C14H13BrClNO/c1-9-7-10(2)17-14(11(9)8-16)18-13-6-4-3-5-12(13)15/h3-7H,8H2,1-2H3. The molecule has 2 nitrogen and oxygen atoms in total. The minimum atomic E-state index is 0.388. The molecule has 0 amide bonds. The van der Waals surface area contributed by atoms with E-state index in [1.165, 1.54) is 0 Å². The predicted molar refractivity (Wildman–Crippen MR) is 77.5 cm³/mol. The number of aromatic nitrogens is 1. The zero-order valence-electron chi connectivity index (χ0n) is 10.2. The highest BCUT2D eigenvalue weighted by Crippen LogP contribution is 2.32. The van der Waals surface area contributed by atoms with Crippen LogP contribution in [-0.4, -0.2) is 4.98 Å². The minimum Gasteiger partial charge on any atom is -0.437 e. The molecule has 4 heteroatoms. The van der Waals surface area contributed by atoms with E-state index in [1.54, 1.807) is 0 Å². The molecule has 1 aromatic heterocycles. The van der Waals surface area contributed by atoms with Crippen LogP contribution in [0.2, 0.25) is 0 Å². The molecule has 0 aliphatic rings. The maximum atomic E-state index is 5.96. The summed E-state index contributed by atoms with van der Waals surface area (Å²) < 4.78 is 6.75. The number of pyridine rings is 1. The van der Waals surface area contributed by atoms with Crippen LogP contribution >= 0.6 is 27.5 Å². The Balaban J connectivity index is 2.43. The first kappa shape index (κ1) is 13.4. The number of rotatable bonds is 3. The van der Waals surface area contributed by atoms with Gasteiger partial charge in [-0.3, -0.25) is 0 Å². The van der Waals surface area contributed by atoms with Crippen molar-refractivity contribution in [2.24, 2.45) is 0 Å². The third kappa shape index (κ3) is 2.85. The van der Waals surface area contributed by atoms with Crippen LogP contribution in [0.5, 0.6) is 11.6 Å². The Kier molecular flexibility index (Phi) is 4.25. The average molecular weight is 327 g/mol. The number of benzene rings is 1. The monoisotopic (exact) mass is 325 g/mol. The van der Waals surface area contributed by atoms with Gasteiger partial charge in [-0.05, 0) is 53.5 Å². The molecule has 1 heterocycles. The normalized spacial score (nSPS) is 10.4. The summed E-state index contributed by atoms with van der Waals surface area (Å²) in [6.45, 7) is 3.96. The van der Waals surface area contributed by atoms with Crippen molar-refractivity contribution in [2.75, 3.05) is 0 Å². The fraction of sp³-hybridized carbons (Fsp3) is 0.214. The fourth-order valence-corrected chi connectivity index (χ4v) is 2.40. The van der Waals surface area contributed by atoms with Crippen molar-refractivity contribution >= 4 is 27.5 Å². The number of hydrogen-bond acceptors (Lipinski definition) is 2. The quantitative estimate of drug-likeness (QED) is 0.741. The summed E-state index contributed by atoms with van der Waals surface area (Å²) in [4.78, 5) is 4.41. The highest BCUT2D eigenvalue weighted by molar-refractivity contribution is 9.10. The molecule has 0 atom stereocenters. The zero-order chi connectivity index (χ0) is 13.1. The lowest BCUT2D eigenvalue weighted by Crippen LogP contribution is -1.98. The molecule has 0 aliphatic carbocycles. The van der Waals surface area contributed by atoms with E-state index in [0.29, 0.717) is 11.8 Å². The lowest BCUT2D eigenvalue weighted by molar-refractivity contribution is 0.453. The summed E-state index contributed by atoms with van der Waals surface area (Å²) in [5, 5.41) is 0. The molecule has 0 aliphatic heterocycles. The number of aryl methyl sites for hydroxylation is 2. The average Bonchev–Trinajstić information content (AvgIpc) is 2.31. The largest absolute Gasteiger partial charge is 0.437 e. The van der Waals surface area contributed by atoms with Gasteiger partial charge >= 0.3 is 0 Å². The van der Waals surface area contributed by atoms with E-state index in [1.807, 2.05) is 44.2 Å². The lowest BCUT2D eigenvalue weighted by atomic mass is 10.1. The number of alkyl halides is 1. The summed E-state index contributed by atoms with van der Waals surface area (Å²) in [6, 6.07) is 9.68. The van der Waals surface area contributed by atoms with Gasteiger partial charge in [0.25, 0.3) is 0 Å². The van der Waals surface area contributed by atoms with Gasteiger partial charge < -0.3 is 4.74 Å². The van der Waals surface area contributed by atoms with Crippen LogP contribution in [-0.2, 0) is 5.88 Å². The molecule has 0 N–H and O–H groups in total. The summed E-state index contributed by atoms with van der Waals surface area (Å²) in [6.07, 6.45) is 0.